The first kappa shape index (κ1) is 19.2. The molecule has 0 aliphatic carbocycles. The first-order chi connectivity index (χ1) is 13.3. The SMILES string of the molecule is COc1ccc2c(c1OC)C(=O)OC2CC(=O)Nc1ccc(F)c(C(N)=O)c1. The Morgan fingerprint density at radius 1 is 1.21 bits per heavy atom. The van der Waals surface area contributed by atoms with Crippen molar-refractivity contribution in [1.82, 2.24) is 0 Å². The van der Waals surface area contributed by atoms with Gasteiger partial charge in [-0.05, 0) is 24.3 Å². The molecule has 146 valence electrons. The summed E-state index contributed by atoms with van der Waals surface area (Å²) in [6.07, 6.45) is -1.00. The van der Waals surface area contributed by atoms with E-state index in [1.54, 1.807) is 12.1 Å². The molecular formula is C19H17FN2O6. The van der Waals surface area contributed by atoms with Crippen molar-refractivity contribution < 1.29 is 33.0 Å². The Balaban J connectivity index is 1.79. The fraction of sp³-hybridized carbons (Fsp3) is 0.211. The van der Waals surface area contributed by atoms with Crippen LogP contribution in [-0.2, 0) is 9.53 Å². The smallest absolute Gasteiger partial charge is 0.343 e. The van der Waals surface area contributed by atoms with Crippen LogP contribution in [0.25, 0.3) is 0 Å². The zero-order valence-corrected chi connectivity index (χ0v) is 15.1. The van der Waals surface area contributed by atoms with Crippen molar-refractivity contribution in [2.75, 3.05) is 19.5 Å². The topological polar surface area (TPSA) is 117 Å². The fourth-order valence-electron chi connectivity index (χ4n) is 3.00. The number of hydrogen-bond acceptors (Lipinski definition) is 6. The van der Waals surface area contributed by atoms with Gasteiger partial charge in [0.15, 0.2) is 11.5 Å². The Labute approximate surface area is 159 Å². The maximum absolute atomic E-state index is 13.5. The minimum atomic E-state index is -0.951. The second kappa shape index (κ2) is 7.55. The van der Waals surface area contributed by atoms with Gasteiger partial charge in [0.1, 0.15) is 17.5 Å². The van der Waals surface area contributed by atoms with Crippen LogP contribution in [0, 0.1) is 5.82 Å². The van der Waals surface area contributed by atoms with Crippen molar-refractivity contribution in [3.05, 3.63) is 52.8 Å². The summed E-state index contributed by atoms with van der Waals surface area (Å²) >= 11 is 0. The summed E-state index contributed by atoms with van der Waals surface area (Å²) in [6, 6.07) is 6.70. The lowest BCUT2D eigenvalue weighted by atomic mass is 10.0. The van der Waals surface area contributed by atoms with E-state index in [0.717, 1.165) is 12.1 Å². The summed E-state index contributed by atoms with van der Waals surface area (Å²) in [5, 5.41) is 2.53. The Hall–Kier alpha value is -3.62. The van der Waals surface area contributed by atoms with Crippen molar-refractivity contribution in [1.29, 1.82) is 0 Å². The molecule has 2 amide bonds. The van der Waals surface area contributed by atoms with E-state index >= 15 is 0 Å². The lowest BCUT2D eigenvalue weighted by molar-refractivity contribution is -0.118. The number of fused-ring (bicyclic) bond motifs is 1. The second-order valence-electron chi connectivity index (χ2n) is 5.97. The monoisotopic (exact) mass is 388 g/mol. The first-order valence-corrected chi connectivity index (χ1v) is 8.20. The summed E-state index contributed by atoms with van der Waals surface area (Å²) in [7, 11) is 2.84. The average Bonchev–Trinajstić information content (AvgIpc) is 2.97. The molecule has 0 saturated carbocycles. The molecular weight excluding hydrogens is 371 g/mol. The molecule has 1 aliphatic heterocycles. The van der Waals surface area contributed by atoms with Gasteiger partial charge >= 0.3 is 5.97 Å². The Kier molecular flexibility index (Phi) is 5.16. The molecule has 0 saturated heterocycles. The second-order valence-corrected chi connectivity index (χ2v) is 5.97. The highest BCUT2D eigenvalue weighted by molar-refractivity contribution is 6.00. The number of cyclic esters (lactones) is 1. The van der Waals surface area contributed by atoms with Crippen molar-refractivity contribution in [3.8, 4) is 11.5 Å². The number of halogens is 1. The van der Waals surface area contributed by atoms with Crippen LogP contribution in [0.4, 0.5) is 10.1 Å². The Morgan fingerprint density at radius 2 is 1.96 bits per heavy atom. The maximum atomic E-state index is 13.5. The van der Waals surface area contributed by atoms with Gasteiger partial charge < -0.3 is 25.3 Å². The highest BCUT2D eigenvalue weighted by Gasteiger charge is 2.36. The van der Waals surface area contributed by atoms with Crippen LogP contribution in [0.5, 0.6) is 11.5 Å². The van der Waals surface area contributed by atoms with Crippen LogP contribution >= 0.6 is 0 Å². The molecule has 2 aromatic carbocycles. The summed E-state index contributed by atoms with van der Waals surface area (Å²) in [5.41, 5.74) is 5.65. The maximum Gasteiger partial charge on any atom is 0.343 e. The first-order valence-electron chi connectivity index (χ1n) is 8.20. The molecule has 1 aliphatic rings. The van der Waals surface area contributed by atoms with E-state index in [1.807, 2.05) is 0 Å². The summed E-state index contributed by atoms with van der Waals surface area (Å²) in [4.78, 5) is 35.8. The number of anilines is 1. The number of esters is 1. The number of rotatable bonds is 6. The van der Waals surface area contributed by atoms with Crippen molar-refractivity contribution in [2.45, 2.75) is 12.5 Å². The number of carbonyl (C=O) groups is 3. The molecule has 3 rings (SSSR count). The molecule has 28 heavy (non-hydrogen) atoms. The molecule has 0 spiro atoms. The van der Waals surface area contributed by atoms with Gasteiger partial charge in [0.2, 0.25) is 5.91 Å². The van der Waals surface area contributed by atoms with Crippen LogP contribution in [0.3, 0.4) is 0 Å². The standard InChI is InChI=1S/C19H17FN2O6/c1-26-13-6-4-10-14(28-19(25)16(10)17(13)27-2)8-15(23)22-9-3-5-12(20)11(7-9)18(21)24/h3-7,14H,8H2,1-2H3,(H2,21,24)(H,22,23). The zero-order valence-electron chi connectivity index (χ0n) is 15.1. The lowest BCUT2D eigenvalue weighted by Gasteiger charge is -2.13. The highest BCUT2D eigenvalue weighted by atomic mass is 19.1. The predicted octanol–water partition coefficient (Wildman–Crippen LogP) is 2.18. The molecule has 1 unspecified atom stereocenters. The summed E-state index contributed by atoms with van der Waals surface area (Å²) < 4.78 is 29.2. The number of primary amides is 1. The van der Waals surface area contributed by atoms with E-state index < -0.39 is 29.7 Å². The number of hydrogen-bond donors (Lipinski definition) is 2. The van der Waals surface area contributed by atoms with E-state index in [0.29, 0.717) is 11.3 Å². The van der Waals surface area contributed by atoms with E-state index in [-0.39, 0.29) is 29.0 Å². The normalized spacial score (nSPS) is 14.8. The number of nitrogens with one attached hydrogen (secondary N) is 1. The van der Waals surface area contributed by atoms with Gasteiger partial charge in [-0.2, -0.15) is 0 Å². The van der Waals surface area contributed by atoms with Crippen molar-refractivity contribution in [3.63, 3.8) is 0 Å². The molecule has 1 atom stereocenters. The number of benzene rings is 2. The summed E-state index contributed by atoms with van der Waals surface area (Å²) in [5.74, 6) is -2.26. The van der Waals surface area contributed by atoms with Crippen molar-refractivity contribution in [2.24, 2.45) is 5.73 Å². The van der Waals surface area contributed by atoms with Crippen LogP contribution in [0.1, 0.15) is 38.8 Å². The molecule has 1 heterocycles. The third kappa shape index (κ3) is 3.46. The van der Waals surface area contributed by atoms with E-state index in [1.165, 1.54) is 20.3 Å². The molecule has 8 nitrogen and oxygen atoms in total. The van der Waals surface area contributed by atoms with Crippen LogP contribution in [0.15, 0.2) is 30.3 Å². The molecule has 9 heteroatoms. The minimum Gasteiger partial charge on any atom is -0.493 e. The van der Waals surface area contributed by atoms with Gasteiger partial charge in [-0.1, -0.05) is 6.07 Å². The number of carbonyl (C=O) groups excluding carboxylic acids is 3. The molecule has 2 aromatic rings. The minimum absolute atomic E-state index is 0.183. The fourth-order valence-corrected chi connectivity index (χ4v) is 3.00. The molecule has 0 aromatic heterocycles. The van der Waals surface area contributed by atoms with Gasteiger partial charge in [0.05, 0.1) is 26.2 Å². The van der Waals surface area contributed by atoms with Crippen molar-refractivity contribution >= 4 is 23.5 Å². The predicted molar refractivity (Wildman–Crippen MR) is 95.9 cm³/mol. The summed E-state index contributed by atoms with van der Waals surface area (Å²) in [6.45, 7) is 0. The van der Waals surface area contributed by atoms with Gasteiger partial charge in [0.25, 0.3) is 5.91 Å². The van der Waals surface area contributed by atoms with E-state index in [9.17, 15) is 18.8 Å². The van der Waals surface area contributed by atoms with Gasteiger partial charge in [-0.15, -0.1) is 0 Å². The molecule has 3 N–H and O–H groups in total. The highest BCUT2D eigenvalue weighted by Crippen LogP contribution is 2.43. The number of nitrogens with two attached hydrogens (primary N) is 1. The van der Waals surface area contributed by atoms with Crippen LogP contribution in [0.2, 0.25) is 0 Å². The third-order valence-electron chi connectivity index (χ3n) is 4.26. The molecule has 0 fully saturated rings. The Bertz CT molecular complexity index is 975. The van der Waals surface area contributed by atoms with E-state index in [2.05, 4.69) is 5.32 Å². The average molecular weight is 388 g/mol. The Morgan fingerprint density at radius 3 is 2.61 bits per heavy atom. The third-order valence-corrected chi connectivity index (χ3v) is 4.26. The largest absolute Gasteiger partial charge is 0.493 e. The number of methoxy groups -OCH3 is 2. The van der Waals surface area contributed by atoms with Gasteiger partial charge in [-0.3, -0.25) is 9.59 Å². The van der Waals surface area contributed by atoms with Gasteiger partial charge in [0, 0.05) is 11.3 Å². The van der Waals surface area contributed by atoms with Crippen LogP contribution < -0.4 is 20.5 Å². The van der Waals surface area contributed by atoms with Crippen LogP contribution in [-0.4, -0.2) is 32.0 Å². The van der Waals surface area contributed by atoms with Gasteiger partial charge in [-0.25, -0.2) is 9.18 Å². The molecule has 0 bridgehead atoms. The number of amides is 2. The number of ether oxygens (including phenoxy) is 3. The lowest BCUT2D eigenvalue weighted by Crippen LogP contribution is -2.17. The zero-order chi connectivity index (χ0) is 20.4. The molecule has 0 radical (unpaired) electrons. The quantitative estimate of drug-likeness (QED) is 0.733. The van der Waals surface area contributed by atoms with E-state index in [4.69, 9.17) is 19.9 Å².